The van der Waals surface area contributed by atoms with Crippen molar-refractivity contribution >= 4 is 0 Å². The summed E-state index contributed by atoms with van der Waals surface area (Å²) in [5, 5.41) is 9.23. The van der Waals surface area contributed by atoms with Crippen LogP contribution in [0.2, 0.25) is 0 Å². The Bertz CT molecular complexity index is 245. The first-order chi connectivity index (χ1) is 7.35. The molecule has 0 aromatic rings. The van der Waals surface area contributed by atoms with Crippen LogP contribution in [0.25, 0.3) is 0 Å². The number of ether oxygens (including phenoxy) is 1. The van der Waals surface area contributed by atoms with Gasteiger partial charge in [-0.05, 0) is 37.0 Å². The normalized spacial score (nSPS) is 40.5. The molecule has 0 aromatic carbocycles. The molecule has 84 valence electrons. The van der Waals surface area contributed by atoms with Gasteiger partial charge in [-0.1, -0.05) is 19.3 Å². The van der Waals surface area contributed by atoms with Crippen LogP contribution in [0.4, 0.5) is 0 Å². The standard InChI is InChI=1S/C13H21NO/c1-15-9-10-6-11-4-2-3-5-13(11)12(7-10)8-14/h10-13H,2-7,9H2,1H3. The zero-order chi connectivity index (χ0) is 10.7. The maximum absolute atomic E-state index is 9.23. The van der Waals surface area contributed by atoms with E-state index >= 15 is 0 Å². The van der Waals surface area contributed by atoms with Crippen molar-refractivity contribution in [1.29, 1.82) is 5.26 Å². The summed E-state index contributed by atoms with van der Waals surface area (Å²) >= 11 is 0. The molecule has 0 spiro atoms. The summed E-state index contributed by atoms with van der Waals surface area (Å²) in [4.78, 5) is 0. The Balaban J connectivity index is 2.01. The van der Waals surface area contributed by atoms with Gasteiger partial charge >= 0.3 is 0 Å². The van der Waals surface area contributed by atoms with Crippen molar-refractivity contribution in [2.75, 3.05) is 13.7 Å². The Hall–Kier alpha value is -0.550. The van der Waals surface area contributed by atoms with E-state index in [0.29, 0.717) is 17.8 Å². The summed E-state index contributed by atoms with van der Waals surface area (Å²) in [5.74, 6) is 2.47. The van der Waals surface area contributed by atoms with E-state index < -0.39 is 0 Å². The minimum Gasteiger partial charge on any atom is -0.384 e. The van der Waals surface area contributed by atoms with E-state index in [9.17, 15) is 5.26 Å². The number of nitrogens with zero attached hydrogens (tertiary/aromatic N) is 1. The molecule has 2 aliphatic rings. The van der Waals surface area contributed by atoms with Gasteiger partial charge in [0.15, 0.2) is 0 Å². The summed E-state index contributed by atoms with van der Waals surface area (Å²) < 4.78 is 5.24. The summed E-state index contributed by atoms with van der Waals surface area (Å²) in [7, 11) is 1.77. The maximum atomic E-state index is 9.23. The fourth-order valence-electron chi connectivity index (χ4n) is 3.64. The first-order valence-electron chi connectivity index (χ1n) is 6.23. The third kappa shape index (κ3) is 2.34. The fourth-order valence-corrected chi connectivity index (χ4v) is 3.64. The molecule has 2 nitrogen and oxygen atoms in total. The molecule has 2 saturated carbocycles. The van der Waals surface area contributed by atoms with Crippen molar-refractivity contribution in [1.82, 2.24) is 0 Å². The number of hydrogen-bond donors (Lipinski definition) is 0. The highest BCUT2D eigenvalue weighted by molar-refractivity contribution is 4.97. The third-order valence-corrected chi connectivity index (χ3v) is 4.28. The van der Waals surface area contributed by atoms with Gasteiger partial charge in [-0.15, -0.1) is 0 Å². The SMILES string of the molecule is COCC1CC(C#N)C2CCCCC2C1. The minimum absolute atomic E-state index is 0.309. The van der Waals surface area contributed by atoms with Gasteiger partial charge in [0.1, 0.15) is 0 Å². The average molecular weight is 207 g/mol. The summed E-state index contributed by atoms with van der Waals surface area (Å²) in [5.41, 5.74) is 0. The van der Waals surface area contributed by atoms with Crippen molar-refractivity contribution < 1.29 is 4.74 Å². The maximum Gasteiger partial charge on any atom is 0.0658 e. The van der Waals surface area contributed by atoms with Crippen molar-refractivity contribution in [2.45, 2.75) is 38.5 Å². The van der Waals surface area contributed by atoms with Gasteiger partial charge in [0.25, 0.3) is 0 Å². The van der Waals surface area contributed by atoms with Crippen molar-refractivity contribution in [3.63, 3.8) is 0 Å². The Labute approximate surface area is 92.6 Å². The molecule has 0 amide bonds. The first kappa shape index (κ1) is 11.0. The average Bonchev–Trinajstić information content (AvgIpc) is 2.28. The number of methoxy groups -OCH3 is 1. The van der Waals surface area contributed by atoms with Crippen molar-refractivity contribution in [3.8, 4) is 6.07 Å². The van der Waals surface area contributed by atoms with Crippen LogP contribution in [0.5, 0.6) is 0 Å². The second-order valence-corrected chi connectivity index (χ2v) is 5.24. The van der Waals surface area contributed by atoms with Gasteiger partial charge in [0.2, 0.25) is 0 Å². The molecule has 0 radical (unpaired) electrons. The highest BCUT2D eigenvalue weighted by Crippen LogP contribution is 2.45. The molecule has 2 rings (SSSR count). The predicted octanol–water partition coefficient (Wildman–Crippen LogP) is 2.99. The molecule has 15 heavy (non-hydrogen) atoms. The predicted molar refractivity (Wildman–Crippen MR) is 59.2 cm³/mol. The van der Waals surface area contributed by atoms with E-state index in [1.807, 2.05) is 0 Å². The molecular formula is C13H21NO. The molecule has 2 aliphatic carbocycles. The fraction of sp³-hybridized carbons (Fsp3) is 0.923. The van der Waals surface area contributed by atoms with E-state index in [0.717, 1.165) is 18.9 Å². The van der Waals surface area contributed by atoms with Crippen LogP contribution in [0.15, 0.2) is 0 Å². The van der Waals surface area contributed by atoms with E-state index in [1.54, 1.807) is 7.11 Å². The first-order valence-corrected chi connectivity index (χ1v) is 6.23. The van der Waals surface area contributed by atoms with Crippen LogP contribution < -0.4 is 0 Å². The van der Waals surface area contributed by atoms with Crippen LogP contribution >= 0.6 is 0 Å². The lowest BCUT2D eigenvalue weighted by atomic mass is 9.63. The van der Waals surface area contributed by atoms with Crippen LogP contribution in [0.3, 0.4) is 0 Å². The molecule has 4 unspecified atom stereocenters. The largest absolute Gasteiger partial charge is 0.384 e. The Morgan fingerprint density at radius 3 is 2.80 bits per heavy atom. The molecule has 0 saturated heterocycles. The van der Waals surface area contributed by atoms with Crippen LogP contribution in [-0.4, -0.2) is 13.7 Å². The minimum atomic E-state index is 0.309. The van der Waals surface area contributed by atoms with E-state index in [2.05, 4.69) is 6.07 Å². The van der Waals surface area contributed by atoms with Gasteiger partial charge < -0.3 is 4.74 Å². The number of nitriles is 1. The van der Waals surface area contributed by atoms with Crippen molar-refractivity contribution in [2.24, 2.45) is 23.7 Å². The topological polar surface area (TPSA) is 33.0 Å². The van der Waals surface area contributed by atoms with Crippen LogP contribution in [0.1, 0.15) is 38.5 Å². The third-order valence-electron chi connectivity index (χ3n) is 4.28. The molecule has 0 bridgehead atoms. The summed E-state index contributed by atoms with van der Waals surface area (Å²) in [6.07, 6.45) is 7.74. The van der Waals surface area contributed by atoms with Gasteiger partial charge in [-0.2, -0.15) is 5.26 Å². The quantitative estimate of drug-likeness (QED) is 0.697. The number of hydrogen-bond acceptors (Lipinski definition) is 2. The number of fused-ring (bicyclic) bond motifs is 1. The molecule has 0 aliphatic heterocycles. The van der Waals surface area contributed by atoms with E-state index in [1.165, 1.54) is 32.1 Å². The van der Waals surface area contributed by atoms with Gasteiger partial charge in [0.05, 0.1) is 6.07 Å². The molecule has 0 aromatic heterocycles. The van der Waals surface area contributed by atoms with Gasteiger partial charge in [0, 0.05) is 19.6 Å². The highest BCUT2D eigenvalue weighted by atomic mass is 16.5. The summed E-state index contributed by atoms with van der Waals surface area (Å²) in [6, 6.07) is 2.54. The second kappa shape index (κ2) is 4.99. The van der Waals surface area contributed by atoms with Crippen LogP contribution in [-0.2, 0) is 4.74 Å². The lowest BCUT2D eigenvalue weighted by Crippen LogP contribution is -2.35. The molecule has 2 heteroatoms. The zero-order valence-electron chi connectivity index (χ0n) is 9.61. The molecule has 0 N–H and O–H groups in total. The highest BCUT2D eigenvalue weighted by Gasteiger charge is 2.38. The molecular weight excluding hydrogens is 186 g/mol. The van der Waals surface area contributed by atoms with Gasteiger partial charge in [-0.25, -0.2) is 0 Å². The zero-order valence-corrected chi connectivity index (χ0v) is 9.61. The van der Waals surface area contributed by atoms with E-state index in [-0.39, 0.29) is 0 Å². The lowest BCUT2D eigenvalue weighted by molar-refractivity contribution is 0.0486. The second-order valence-electron chi connectivity index (χ2n) is 5.24. The van der Waals surface area contributed by atoms with Gasteiger partial charge in [-0.3, -0.25) is 0 Å². The Morgan fingerprint density at radius 1 is 1.27 bits per heavy atom. The lowest BCUT2D eigenvalue weighted by Gasteiger charge is -2.42. The Kier molecular flexibility index (Phi) is 3.64. The smallest absolute Gasteiger partial charge is 0.0658 e. The summed E-state index contributed by atoms with van der Waals surface area (Å²) in [6.45, 7) is 0.849. The molecule has 4 atom stereocenters. The monoisotopic (exact) mass is 207 g/mol. The Morgan fingerprint density at radius 2 is 2.07 bits per heavy atom. The van der Waals surface area contributed by atoms with Crippen LogP contribution in [0, 0.1) is 35.0 Å². The number of rotatable bonds is 2. The van der Waals surface area contributed by atoms with E-state index in [4.69, 9.17) is 4.74 Å². The van der Waals surface area contributed by atoms with Crippen molar-refractivity contribution in [3.05, 3.63) is 0 Å². The molecule has 2 fully saturated rings. The molecule has 0 heterocycles.